The van der Waals surface area contributed by atoms with Crippen LogP contribution >= 0.6 is 11.6 Å². The Labute approximate surface area is 164 Å². The van der Waals surface area contributed by atoms with Crippen LogP contribution in [0.4, 0.5) is 0 Å². The van der Waals surface area contributed by atoms with Crippen molar-refractivity contribution in [2.24, 2.45) is 11.7 Å². The van der Waals surface area contributed by atoms with Crippen molar-refractivity contribution in [3.63, 3.8) is 0 Å². The van der Waals surface area contributed by atoms with Crippen LogP contribution in [0.3, 0.4) is 0 Å². The maximum Gasteiger partial charge on any atom is 0.227 e. The number of benzene rings is 2. The van der Waals surface area contributed by atoms with E-state index < -0.39 is 0 Å². The topological polar surface area (TPSA) is 64.8 Å². The summed E-state index contributed by atoms with van der Waals surface area (Å²) in [5.74, 6) is 1.82. The molecule has 0 radical (unpaired) electrons. The van der Waals surface area contributed by atoms with Gasteiger partial charge in [-0.25, -0.2) is 0 Å². The molecule has 142 valence electrons. The fourth-order valence-corrected chi connectivity index (χ4v) is 4.23. The van der Waals surface area contributed by atoms with Crippen LogP contribution < -0.4 is 15.2 Å². The molecule has 0 aromatic heterocycles. The van der Waals surface area contributed by atoms with Crippen LogP contribution in [0.5, 0.6) is 11.5 Å². The first-order chi connectivity index (χ1) is 13.2. The number of fused-ring (bicyclic) bond motifs is 1. The zero-order chi connectivity index (χ0) is 18.8. The Morgan fingerprint density at radius 1 is 1.15 bits per heavy atom. The number of carbonyl (C=O) groups excluding carboxylic acids is 1. The molecule has 2 aromatic rings. The molecule has 4 rings (SSSR count). The average Bonchev–Trinajstić information content (AvgIpc) is 3.13. The summed E-state index contributed by atoms with van der Waals surface area (Å²) in [6.45, 7) is 2.93. The fraction of sp³-hybridized carbons (Fsp3) is 0.381. The van der Waals surface area contributed by atoms with Gasteiger partial charge in [-0.2, -0.15) is 0 Å². The molecule has 2 aromatic carbocycles. The molecule has 6 heteroatoms. The minimum atomic E-state index is 0.0830. The largest absolute Gasteiger partial charge is 0.486 e. The van der Waals surface area contributed by atoms with Gasteiger partial charge >= 0.3 is 0 Å². The van der Waals surface area contributed by atoms with Gasteiger partial charge in [0.25, 0.3) is 0 Å². The third-order valence-corrected chi connectivity index (χ3v) is 5.62. The van der Waals surface area contributed by atoms with Crippen molar-refractivity contribution in [3.05, 3.63) is 58.6 Å². The van der Waals surface area contributed by atoms with E-state index in [1.807, 2.05) is 29.2 Å². The van der Waals surface area contributed by atoms with Crippen molar-refractivity contribution in [1.29, 1.82) is 0 Å². The van der Waals surface area contributed by atoms with Crippen LogP contribution in [-0.2, 0) is 11.2 Å². The standard InChI is InChI=1S/C21H23ClN2O3/c22-18-8-14(9-19-21(18)27-7-6-26-19)10-20(25)24-12-16(11-23)17(13-24)15-4-2-1-3-5-15/h1-5,8-9,16-17H,6-7,10-13,23H2/t16-,17+/m1/s1. The van der Waals surface area contributed by atoms with Gasteiger partial charge in [-0.3, -0.25) is 4.79 Å². The van der Waals surface area contributed by atoms with E-state index in [4.69, 9.17) is 26.8 Å². The van der Waals surface area contributed by atoms with E-state index in [0.29, 0.717) is 49.4 Å². The second-order valence-electron chi connectivity index (χ2n) is 7.09. The molecule has 27 heavy (non-hydrogen) atoms. The molecule has 0 unspecified atom stereocenters. The van der Waals surface area contributed by atoms with Gasteiger partial charge < -0.3 is 20.1 Å². The summed E-state index contributed by atoms with van der Waals surface area (Å²) in [6, 6.07) is 13.9. The molecule has 0 aliphatic carbocycles. The molecule has 5 nitrogen and oxygen atoms in total. The number of amides is 1. The van der Waals surface area contributed by atoms with E-state index in [0.717, 1.165) is 5.56 Å². The van der Waals surface area contributed by atoms with Gasteiger partial charge in [-0.05, 0) is 35.7 Å². The lowest BCUT2D eigenvalue weighted by Gasteiger charge is -2.21. The molecule has 1 amide bonds. The minimum absolute atomic E-state index is 0.0830. The molecule has 1 saturated heterocycles. The molecule has 1 fully saturated rings. The first-order valence-electron chi connectivity index (χ1n) is 9.26. The number of ether oxygens (including phenoxy) is 2. The summed E-state index contributed by atoms with van der Waals surface area (Å²) in [7, 11) is 0. The Morgan fingerprint density at radius 3 is 2.70 bits per heavy atom. The lowest BCUT2D eigenvalue weighted by molar-refractivity contribution is -0.129. The van der Waals surface area contributed by atoms with Gasteiger partial charge in [0.15, 0.2) is 11.5 Å². The number of likely N-dealkylation sites (tertiary alicyclic amines) is 1. The van der Waals surface area contributed by atoms with Gasteiger partial charge in [0.1, 0.15) is 13.2 Å². The van der Waals surface area contributed by atoms with Crippen molar-refractivity contribution in [1.82, 2.24) is 4.90 Å². The van der Waals surface area contributed by atoms with Crippen molar-refractivity contribution in [3.8, 4) is 11.5 Å². The highest BCUT2D eigenvalue weighted by Gasteiger charge is 2.35. The highest BCUT2D eigenvalue weighted by molar-refractivity contribution is 6.32. The van der Waals surface area contributed by atoms with Crippen LogP contribution in [0.1, 0.15) is 17.0 Å². The number of hydrogen-bond donors (Lipinski definition) is 1. The number of halogens is 1. The third kappa shape index (κ3) is 3.75. The molecule has 0 saturated carbocycles. The van der Waals surface area contributed by atoms with E-state index in [1.165, 1.54) is 5.56 Å². The Kier molecular flexibility index (Phi) is 5.23. The molecular weight excluding hydrogens is 364 g/mol. The van der Waals surface area contributed by atoms with Crippen LogP contribution in [0.25, 0.3) is 0 Å². The Bertz CT molecular complexity index is 828. The average molecular weight is 387 g/mol. The number of rotatable bonds is 4. The molecule has 2 N–H and O–H groups in total. The Morgan fingerprint density at radius 2 is 1.93 bits per heavy atom. The molecular formula is C21H23ClN2O3. The zero-order valence-corrected chi connectivity index (χ0v) is 15.8. The van der Waals surface area contributed by atoms with Crippen molar-refractivity contribution >= 4 is 17.5 Å². The summed E-state index contributed by atoms with van der Waals surface area (Å²) in [5, 5.41) is 0.485. The Hall–Kier alpha value is -2.24. The summed E-state index contributed by atoms with van der Waals surface area (Å²) >= 11 is 6.29. The molecule has 2 aliphatic heterocycles. The van der Waals surface area contributed by atoms with Crippen LogP contribution in [0.15, 0.2) is 42.5 Å². The number of nitrogens with zero attached hydrogens (tertiary/aromatic N) is 1. The number of hydrogen-bond acceptors (Lipinski definition) is 4. The summed E-state index contributed by atoms with van der Waals surface area (Å²) in [6.07, 6.45) is 0.287. The first kappa shape index (κ1) is 18.1. The van der Waals surface area contributed by atoms with E-state index in [9.17, 15) is 4.79 Å². The Balaban J connectivity index is 1.48. The van der Waals surface area contributed by atoms with Crippen molar-refractivity contribution < 1.29 is 14.3 Å². The predicted molar refractivity (Wildman–Crippen MR) is 104 cm³/mol. The summed E-state index contributed by atoms with van der Waals surface area (Å²) in [4.78, 5) is 14.8. The van der Waals surface area contributed by atoms with E-state index in [-0.39, 0.29) is 24.2 Å². The first-order valence-corrected chi connectivity index (χ1v) is 9.64. The second kappa shape index (κ2) is 7.79. The summed E-state index contributed by atoms with van der Waals surface area (Å²) < 4.78 is 11.1. The molecule has 0 spiro atoms. The smallest absolute Gasteiger partial charge is 0.227 e. The van der Waals surface area contributed by atoms with E-state index in [1.54, 1.807) is 6.07 Å². The van der Waals surface area contributed by atoms with E-state index in [2.05, 4.69) is 12.1 Å². The van der Waals surface area contributed by atoms with Crippen LogP contribution in [0.2, 0.25) is 5.02 Å². The van der Waals surface area contributed by atoms with Crippen LogP contribution in [0, 0.1) is 5.92 Å². The lowest BCUT2D eigenvalue weighted by Crippen LogP contribution is -2.31. The number of carbonyl (C=O) groups is 1. The van der Waals surface area contributed by atoms with Crippen LogP contribution in [-0.4, -0.2) is 43.7 Å². The van der Waals surface area contributed by atoms with Gasteiger partial charge in [-0.1, -0.05) is 41.9 Å². The predicted octanol–water partition coefficient (Wildman–Crippen LogP) is 2.85. The fourth-order valence-electron chi connectivity index (χ4n) is 3.94. The van der Waals surface area contributed by atoms with Gasteiger partial charge in [0.2, 0.25) is 5.91 Å². The SMILES string of the molecule is NC[C@@H]1CN(C(=O)Cc2cc(Cl)c3c(c2)OCCO3)C[C@H]1c1ccccc1. The second-order valence-corrected chi connectivity index (χ2v) is 7.50. The molecule has 2 heterocycles. The van der Waals surface area contributed by atoms with Gasteiger partial charge in [0.05, 0.1) is 11.4 Å². The van der Waals surface area contributed by atoms with Gasteiger partial charge in [0, 0.05) is 19.0 Å². The monoisotopic (exact) mass is 386 g/mol. The normalized spacial score (nSPS) is 21.3. The highest BCUT2D eigenvalue weighted by atomic mass is 35.5. The van der Waals surface area contributed by atoms with Gasteiger partial charge in [-0.15, -0.1) is 0 Å². The minimum Gasteiger partial charge on any atom is -0.486 e. The maximum absolute atomic E-state index is 12.9. The number of nitrogens with two attached hydrogens (primary N) is 1. The quantitative estimate of drug-likeness (QED) is 0.877. The highest BCUT2D eigenvalue weighted by Crippen LogP contribution is 2.39. The van der Waals surface area contributed by atoms with E-state index >= 15 is 0 Å². The molecule has 2 atom stereocenters. The molecule has 0 bridgehead atoms. The maximum atomic E-state index is 12.9. The zero-order valence-electron chi connectivity index (χ0n) is 15.1. The lowest BCUT2D eigenvalue weighted by atomic mass is 9.89. The third-order valence-electron chi connectivity index (χ3n) is 5.34. The van der Waals surface area contributed by atoms with Crippen molar-refractivity contribution in [2.75, 3.05) is 32.8 Å². The molecule has 2 aliphatic rings. The van der Waals surface area contributed by atoms with Crippen molar-refractivity contribution in [2.45, 2.75) is 12.3 Å². The summed E-state index contributed by atoms with van der Waals surface area (Å²) in [5.41, 5.74) is 8.06.